The Labute approximate surface area is 87.9 Å². The first kappa shape index (κ1) is 9.83. The van der Waals surface area contributed by atoms with E-state index in [0.29, 0.717) is 6.61 Å². The van der Waals surface area contributed by atoms with Gasteiger partial charge in [0.2, 0.25) is 0 Å². The van der Waals surface area contributed by atoms with Crippen molar-refractivity contribution in [1.82, 2.24) is 5.32 Å². The minimum atomic E-state index is -0.383. The lowest BCUT2D eigenvalue weighted by atomic mass is 9.96. The van der Waals surface area contributed by atoms with Gasteiger partial charge in [-0.1, -0.05) is 0 Å². The first-order valence-electron chi connectivity index (χ1n) is 4.81. The molecule has 4 nitrogen and oxygen atoms in total. The number of cyclic esters (lactones) is 1. The van der Waals surface area contributed by atoms with Gasteiger partial charge in [0, 0.05) is 0 Å². The predicted octanol–water partition coefficient (Wildman–Crippen LogP) is 1.79. The highest BCUT2D eigenvalue weighted by Gasteiger charge is 2.26. The molecule has 2 N–H and O–H groups in total. The summed E-state index contributed by atoms with van der Waals surface area (Å²) in [6, 6.07) is 3.28. The van der Waals surface area contributed by atoms with Gasteiger partial charge < -0.3 is 15.2 Å². The van der Waals surface area contributed by atoms with Gasteiger partial charge in [0.25, 0.3) is 0 Å². The number of carbonyl (C=O) groups is 1. The molecule has 1 heterocycles. The quantitative estimate of drug-likeness (QED) is 0.738. The Morgan fingerprint density at radius 3 is 2.47 bits per heavy atom. The molecule has 0 aliphatic carbocycles. The second-order valence-electron chi connectivity index (χ2n) is 3.79. The van der Waals surface area contributed by atoms with Gasteiger partial charge in [-0.3, -0.25) is 0 Å². The number of amides is 1. The number of hydrogen-bond donors (Lipinski definition) is 2. The summed E-state index contributed by atoms with van der Waals surface area (Å²) in [5.74, 6) is 0.249. The maximum atomic E-state index is 10.9. The van der Waals surface area contributed by atoms with Crippen molar-refractivity contribution in [3.05, 3.63) is 28.8 Å². The van der Waals surface area contributed by atoms with E-state index in [1.807, 2.05) is 13.8 Å². The first-order valence-corrected chi connectivity index (χ1v) is 4.81. The van der Waals surface area contributed by atoms with Gasteiger partial charge >= 0.3 is 6.09 Å². The number of carbonyl (C=O) groups excluding carboxylic acids is 1. The number of aryl methyl sites for hydroxylation is 2. The Morgan fingerprint density at radius 1 is 1.40 bits per heavy atom. The van der Waals surface area contributed by atoms with Crippen LogP contribution in [0.25, 0.3) is 0 Å². The topological polar surface area (TPSA) is 58.6 Å². The molecular formula is C11H13NO3. The van der Waals surface area contributed by atoms with Crippen LogP contribution >= 0.6 is 0 Å². The number of benzene rings is 1. The van der Waals surface area contributed by atoms with Gasteiger partial charge in [-0.2, -0.15) is 0 Å². The SMILES string of the molecule is Cc1cc(O)cc(C)c1[C@@H]1COC(=O)N1. The summed E-state index contributed by atoms with van der Waals surface area (Å²) in [4.78, 5) is 10.9. The number of aromatic hydroxyl groups is 1. The van der Waals surface area contributed by atoms with Crippen molar-refractivity contribution in [3.63, 3.8) is 0 Å². The van der Waals surface area contributed by atoms with E-state index in [4.69, 9.17) is 4.74 Å². The molecule has 1 amide bonds. The van der Waals surface area contributed by atoms with Gasteiger partial charge in [0.1, 0.15) is 12.4 Å². The maximum Gasteiger partial charge on any atom is 0.407 e. The van der Waals surface area contributed by atoms with E-state index < -0.39 is 0 Å². The summed E-state index contributed by atoms with van der Waals surface area (Å²) < 4.78 is 4.85. The highest BCUT2D eigenvalue weighted by molar-refractivity contribution is 5.70. The Hall–Kier alpha value is -1.71. The fourth-order valence-electron chi connectivity index (χ4n) is 2.04. The molecule has 15 heavy (non-hydrogen) atoms. The van der Waals surface area contributed by atoms with Crippen molar-refractivity contribution in [1.29, 1.82) is 0 Å². The fraction of sp³-hybridized carbons (Fsp3) is 0.364. The molecule has 1 saturated heterocycles. The van der Waals surface area contributed by atoms with Crippen LogP contribution in [-0.2, 0) is 4.74 Å². The Bertz CT molecular complexity index is 391. The molecule has 0 radical (unpaired) electrons. The lowest BCUT2D eigenvalue weighted by Crippen LogP contribution is -2.20. The molecule has 1 fully saturated rings. The zero-order chi connectivity index (χ0) is 11.0. The predicted molar refractivity (Wildman–Crippen MR) is 54.8 cm³/mol. The lowest BCUT2D eigenvalue weighted by molar-refractivity contribution is 0.177. The van der Waals surface area contributed by atoms with E-state index in [2.05, 4.69) is 5.32 Å². The van der Waals surface area contributed by atoms with E-state index in [-0.39, 0.29) is 17.9 Å². The molecule has 1 aromatic carbocycles. The van der Waals surface area contributed by atoms with Crippen molar-refractivity contribution in [2.75, 3.05) is 6.61 Å². The van der Waals surface area contributed by atoms with Crippen molar-refractivity contribution in [3.8, 4) is 5.75 Å². The molecule has 1 aliphatic heterocycles. The zero-order valence-corrected chi connectivity index (χ0v) is 8.70. The minimum Gasteiger partial charge on any atom is -0.508 e. The number of phenolic OH excluding ortho intramolecular Hbond substituents is 1. The average molecular weight is 207 g/mol. The summed E-state index contributed by atoms with van der Waals surface area (Å²) in [6.45, 7) is 4.17. The summed E-state index contributed by atoms with van der Waals surface area (Å²) >= 11 is 0. The first-order chi connectivity index (χ1) is 7.08. The van der Waals surface area contributed by atoms with E-state index >= 15 is 0 Å². The largest absolute Gasteiger partial charge is 0.508 e. The molecule has 0 saturated carbocycles. The monoisotopic (exact) mass is 207 g/mol. The molecule has 0 spiro atoms. The third kappa shape index (κ3) is 1.75. The van der Waals surface area contributed by atoms with Crippen LogP contribution < -0.4 is 5.32 Å². The van der Waals surface area contributed by atoms with Gasteiger partial charge in [-0.25, -0.2) is 4.79 Å². The van der Waals surface area contributed by atoms with E-state index in [0.717, 1.165) is 16.7 Å². The van der Waals surface area contributed by atoms with Gasteiger partial charge in [0.15, 0.2) is 0 Å². The molecular weight excluding hydrogens is 194 g/mol. The fourth-order valence-corrected chi connectivity index (χ4v) is 2.04. The smallest absolute Gasteiger partial charge is 0.407 e. The molecule has 1 aromatic rings. The second-order valence-corrected chi connectivity index (χ2v) is 3.79. The highest BCUT2D eigenvalue weighted by Crippen LogP contribution is 2.28. The number of alkyl carbamates (subject to hydrolysis) is 1. The van der Waals surface area contributed by atoms with Crippen molar-refractivity contribution >= 4 is 6.09 Å². The van der Waals surface area contributed by atoms with Crippen LogP contribution in [0, 0.1) is 13.8 Å². The van der Waals surface area contributed by atoms with Crippen LogP contribution in [0.5, 0.6) is 5.75 Å². The third-order valence-corrected chi connectivity index (χ3v) is 2.60. The number of phenols is 1. The summed E-state index contributed by atoms with van der Waals surface area (Å²) in [5, 5.41) is 12.1. The molecule has 1 aliphatic rings. The van der Waals surface area contributed by atoms with Gasteiger partial charge in [0.05, 0.1) is 6.04 Å². The maximum absolute atomic E-state index is 10.9. The molecule has 4 heteroatoms. The van der Waals surface area contributed by atoms with Crippen molar-refractivity contribution in [2.24, 2.45) is 0 Å². The molecule has 80 valence electrons. The third-order valence-electron chi connectivity index (χ3n) is 2.60. The van der Waals surface area contributed by atoms with Crippen LogP contribution in [0.2, 0.25) is 0 Å². The zero-order valence-electron chi connectivity index (χ0n) is 8.70. The van der Waals surface area contributed by atoms with E-state index in [1.165, 1.54) is 0 Å². The number of ether oxygens (including phenoxy) is 1. The van der Waals surface area contributed by atoms with Crippen molar-refractivity contribution in [2.45, 2.75) is 19.9 Å². The molecule has 0 bridgehead atoms. The second kappa shape index (κ2) is 3.46. The van der Waals surface area contributed by atoms with Crippen LogP contribution in [-0.4, -0.2) is 17.8 Å². The van der Waals surface area contributed by atoms with Crippen LogP contribution in [0.3, 0.4) is 0 Å². The van der Waals surface area contributed by atoms with Crippen LogP contribution in [0.4, 0.5) is 4.79 Å². The Morgan fingerprint density at radius 2 is 2.00 bits per heavy atom. The van der Waals surface area contributed by atoms with Crippen LogP contribution in [0.1, 0.15) is 22.7 Å². The average Bonchev–Trinajstić information content (AvgIpc) is 2.49. The summed E-state index contributed by atoms with van der Waals surface area (Å²) in [7, 11) is 0. The van der Waals surface area contributed by atoms with Crippen LogP contribution in [0.15, 0.2) is 12.1 Å². The van der Waals surface area contributed by atoms with E-state index in [1.54, 1.807) is 12.1 Å². The van der Waals surface area contributed by atoms with Gasteiger partial charge in [-0.05, 0) is 42.7 Å². The highest BCUT2D eigenvalue weighted by atomic mass is 16.6. The molecule has 2 rings (SSSR count). The summed E-state index contributed by atoms with van der Waals surface area (Å²) in [5.41, 5.74) is 2.95. The normalized spacial score (nSPS) is 19.9. The summed E-state index contributed by atoms with van der Waals surface area (Å²) in [6.07, 6.45) is -0.383. The molecule has 1 atom stereocenters. The molecule has 0 unspecified atom stereocenters. The van der Waals surface area contributed by atoms with Gasteiger partial charge in [-0.15, -0.1) is 0 Å². The van der Waals surface area contributed by atoms with E-state index in [9.17, 15) is 9.90 Å². The number of nitrogens with one attached hydrogen (secondary N) is 1. The Kier molecular flexibility index (Phi) is 2.26. The molecule has 0 aromatic heterocycles. The number of hydrogen-bond acceptors (Lipinski definition) is 3. The lowest BCUT2D eigenvalue weighted by Gasteiger charge is -2.14. The standard InChI is InChI=1S/C11H13NO3/c1-6-3-8(13)4-7(2)10(6)9-5-15-11(14)12-9/h3-4,9,13H,5H2,1-2H3,(H,12,14)/t9-/m0/s1. The van der Waals surface area contributed by atoms with Crippen molar-refractivity contribution < 1.29 is 14.6 Å². The number of rotatable bonds is 1. The Balaban J connectivity index is 2.39. The minimum absolute atomic E-state index is 0.0990.